The first-order valence-corrected chi connectivity index (χ1v) is 6.00. The Morgan fingerprint density at radius 3 is 3.06 bits per heavy atom. The molecular formula is C9H12BrNO5. The van der Waals surface area contributed by atoms with Gasteiger partial charge in [0, 0.05) is 7.11 Å². The fourth-order valence-corrected chi connectivity index (χ4v) is 2.23. The average Bonchev–Trinajstić information content (AvgIpc) is 2.69. The van der Waals surface area contributed by atoms with Crippen molar-refractivity contribution in [1.29, 1.82) is 0 Å². The minimum atomic E-state index is -0.628. The van der Waals surface area contributed by atoms with Crippen molar-refractivity contribution in [3.05, 3.63) is 0 Å². The number of alkyl halides is 1. The van der Waals surface area contributed by atoms with Gasteiger partial charge < -0.3 is 19.1 Å². The van der Waals surface area contributed by atoms with Crippen LogP contribution in [-0.2, 0) is 23.8 Å². The number of esters is 1. The third-order valence-corrected chi connectivity index (χ3v) is 3.17. The molecule has 0 radical (unpaired) electrons. The van der Waals surface area contributed by atoms with Crippen molar-refractivity contribution in [3.63, 3.8) is 0 Å². The van der Waals surface area contributed by atoms with E-state index >= 15 is 0 Å². The Bertz CT molecular complexity index is 310. The smallest absolute Gasteiger partial charge is 0.331 e. The van der Waals surface area contributed by atoms with E-state index < -0.39 is 24.4 Å². The molecule has 2 saturated heterocycles. The monoisotopic (exact) mass is 293 g/mol. The molecule has 1 amide bonds. The molecule has 0 bridgehead atoms. The van der Waals surface area contributed by atoms with Crippen LogP contribution in [0.2, 0.25) is 0 Å². The fraction of sp³-hybridized carbons (Fsp3) is 0.778. The fourth-order valence-electron chi connectivity index (χ4n) is 1.91. The molecule has 90 valence electrons. The summed E-state index contributed by atoms with van der Waals surface area (Å²) in [5, 5.41) is 0.167. The second-order valence-corrected chi connectivity index (χ2v) is 4.16. The lowest BCUT2D eigenvalue weighted by molar-refractivity contribution is -0.208. The molecule has 0 N–H and O–H groups in total. The van der Waals surface area contributed by atoms with Crippen LogP contribution in [0.15, 0.2) is 0 Å². The van der Waals surface area contributed by atoms with Crippen LogP contribution in [0.25, 0.3) is 0 Å². The summed E-state index contributed by atoms with van der Waals surface area (Å²) in [4.78, 5) is 24.6. The second kappa shape index (κ2) is 4.68. The van der Waals surface area contributed by atoms with E-state index in [9.17, 15) is 9.59 Å². The van der Waals surface area contributed by atoms with Crippen LogP contribution in [0.5, 0.6) is 0 Å². The highest BCUT2D eigenvalue weighted by molar-refractivity contribution is 9.09. The summed E-state index contributed by atoms with van der Waals surface area (Å²) in [6, 6.07) is -0.628. The summed E-state index contributed by atoms with van der Waals surface area (Å²) < 4.78 is 15.4. The number of hydrogen-bond donors (Lipinski definition) is 0. The number of carbonyl (C=O) groups excluding carboxylic acids is 2. The zero-order chi connectivity index (χ0) is 11.7. The van der Waals surface area contributed by atoms with Gasteiger partial charge in [-0.2, -0.15) is 0 Å². The molecule has 3 atom stereocenters. The van der Waals surface area contributed by atoms with Gasteiger partial charge in [0.15, 0.2) is 12.3 Å². The number of fused-ring (bicyclic) bond motifs is 1. The SMILES string of the molecule is CO[C@H]1CN(C(=O)CBr)[C@@H]2C(=O)OC[C@@H]2O1. The van der Waals surface area contributed by atoms with Crippen LogP contribution in [-0.4, -0.2) is 60.8 Å². The molecule has 7 heteroatoms. The van der Waals surface area contributed by atoms with Gasteiger partial charge in [-0.05, 0) is 0 Å². The maximum Gasteiger partial charge on any atom is 0.331 e. The Morgan fingerprint density at radius 2 is 2.44 bits per heavy atom. The van der Waals surface area contributed by atoms with E-state index in [1.807, 2.05) is 0 Å². The van der Waals surface area contributed by atoms with Crippen LogP contribution >= 0.6 is 15.9 Å². The van der Waals surface area contributed by atoms with Crippen molar-refractivity contribution in [3.8, 4) is 0 Å². The van der Waals surface area contributed by atoms with E-state index in [4.69, 9.17) is 14.2 Å². The first-order chi connectivity index (χ1) is 7.67. The van der Waals surface area contributed by atoms with Crippen molar-refractivity contribution < 1.29 is 23.8 Å². The molecule has 16 heavy (non-hydrogen) atoms. The Balaban J connectivity index is 2.18. The highest BCUT2D eigenvalue weighted by atomic mass is 79.9. The summed E-state index contributed by atoms with van der Waals surface area (Å²) in [5.74, 6) is -0.576. The maximum atomic E-state index is 11.7. The standard InChI is InChI=1S/C9H12BrNO5/c1-14-7-3-11(6(12)2-10)8-5(16-7)4-15-9(8)13/h5,7-8H,2-4H2,1H3/t5-,7+,8-/m0/s1. The number of halogens is 1. The van der Waals surface area contributed by atoms with Gasteiger partial charge in [0.25, 0.3) is 0 Å². The summed E-state index contributed by atoms with van der Waals surface area (Å²) in [7, 11) is 1.50. The van der Waals surface area contributed by atoms with Crippen LogP contribution in [0.1, 0.15) is 0 Å². The zero-order valence-corrected chi connectivity index (χ0v) is 10.3. The highest BCUT2D eigenvalue weighted by Gasteiger charge is 2.48. The Labute approximate surface area is 101 Å². The number of ether oxygens (including phenoxy) is 3. The number of carbonyl (C=O) groups is 2. The number of rotatable bonds is 2. The van der Waals surface area contributed by atoms with Gasteiger partial charge in [0.1, 0.15) is 12.7 Å². The normalized spacial score (nSPS) is 33.5. The molecule has 0 spiro atoms. The minimum Gasteiger partial charge on any atom is -0.461 e. The molecule has 0 aliphatic carbocycles. The first kappa shape index (κ1) is 11.8. The van der Waals surface area contributed by atoms with E-state index in [1.54, 1.807) is 0 Å². The van der Waals surface area contributed by atoms with Gasteiger partial charge in [0.05, 0.1) is 11.9 Å². The Morgan fingerprint density at radius 1 is 1.69 bits per heavy atom. The van der Waals surface area contributed by atoms with Gasteiger partial charge in [-0.1, -0.05) is 15.9 Å². The molecule has 2 heterocycles. The molecule has 0 aromatic rings. The molecular weight excluding hydrogens is 282 g/mol. The third kappa shape index (κ3) is 1.94. The lowest BCUT2D eigenvalue weighted by Crippen LogP contribution is -2.58. The summed E-state index contributed by atoms with van der Waals surface area (Å²) in [6.07, 6.45) is -0.923. The first-order valence-electron chi connectivity index (χ1n) is 4.87. The van der Waals surface area contributed by atoms with Crippen LogP contribution < -0.4 is 0 Å². The average molecular weight is 294 g/mol. The molecule has 2 aliphatic rings. The second-order valence-electron chi connectivity index (χ2n) is 3.59. The van der Waals surface area contributed by atoms with Crippen LogP contribution in [0.3, 0.4) is 0 Å². The molecule has 0 unspecified atom stereocenters. The molecule has 6 nitrogen and oxygen atoms in total. The van der Waals surface area contributed by atoms with Crippen molar-refractivity contribution in [1.82, 2.24) is 4.90 Å². The maximum absolute atomic E-state index is 11.7. The Kier molecular flexibility index (Phi) is 3.46. The number of nitrogens with zero attached hydrogens (tertiary/aromatic N) is 1. The minimum absolute atomic E-state index is 0.167. The molecule has 2 rings (SSSR count). The molecule has 2 aliphatic heterocycles. The number of cyclic esters (lactones) is 1. The predicted octanol–water partition coefficient (Wildman–Crippen LogP) is -0.493. The van der Waals surface area contributed by atoms with Crippen LogP contribution in [0, 0.1) is 0 Å². The number of methoxy groups -OCH3 is 1. The third-order valence-electron chi connectivity index (χ3n) is 2.69. The summed E-state index contributed by atoms with van der Waals surface area (Å²) >= 11 is 3.08. The molecule has 2 fully saturated rings. The van der Waals surface area contributed by atoms with Gasteiger partial charge >= 0.3 is 5.97 Å². The van der Waals surface area contributed by atoms with Gasteiger partial charge in [-0.15, -0.1) is 0 Å². The topological polar surface area (TPSA) is 65.1 Å². The van der Waals surface area contributed by atoms with E-state index in [0.717, 1.165) is 0 Å². The molecule has 0 saturated carbocycles. The number of morpholine rings is 1. The van der Waals surface area contributed by atoms with Gasteiger partial charge in [0.2, 0.25) is 5.91 Å². The molecule has 0 aromatic heterocycles. The predicted molar refractivity (Wildman–Crippen MR) is 55.9 cm³/mol. The number of amides is 1. The molecule has 0 aromatic carbocycles. The van der Waals surface area contributed by atoms with E-state index in [-0.39, 0.29) is 24.4 Å². The lowest BCUT2D eigenvalue weighted by atomic mass is 10.1. The highest BCUT2D eigenvalue weighted by Crippen LogP contribution is 2.25. The number of hydrogen-bond acceptors (Lipinski definition) is 5. The van der Waals surface area contributed by atoms with E-state index in [0.29, 0.717) is 0 Å². The van der Waals surface area contributed by atoms with Crippen molar-refractivity contribution in [2.75, 3.05) is 25.6 Å². The van der Waals surface area contributed by atoms with Crippen molar-refractivity contribution in [2.45, 2.75) is 18.4 Å². The quantitative estimate of drug-likeness (QED) is 0.508. The van der Waals surface area contributed by atoms with E-state index in [2.05, 4.69) is 15.9 Å². The van der Waals surface area contributed by atoms with Gasteiger partial charge in [-0.3, -0.25) is 4.79 Å². The van der Waals surface area contributed by atoms with Crippen molar-refractivity contribution in [2.24, 2.45) is 0 Å². The van der Waals surface area contributed by atoms with Gasteiger partial charge in [-0.25, -0.2) is 4.79 Å². The van der Waals surface area contributed by atoms with E-state index in [1.165, 1.54) is 12.0 Å². The van der Waals surface area contributed by atoms with Crippen LogP contribution in [0.4, 0.5) is 0 Å². The Hall–Kier alpha value is -0.660. The summed E-state index contributed by atoms with van der Waals surface area (Å²) in [6.45, 7) is 0.423. The summed E-state index contributed by atoms with van der Waals surface area (Å²) in [5.41, 5.74) is 0. The lowest BCUT2D eigenvalue weighted by Gasteiger charge is -2.38. The zero-order valence-electron chi connectivity index (χ0n) is 8.72. The van der Waals surface area contributed by atoms with Crippen molar-refractivity contribution >= 4 is 27.8 Å². The largest absolute Gasteiger partial charge is 0.461 e.